The van der Waals surface area contributed by atoms with Gasteiger partial charge in [0, 0.05) is 18.0 Å². The highest BCUT2D eigenvalue weighted by atomic mass is 19.1. The fourth-order valence-corrected chi connectivity index (χ4v) is 1.50. The second-order valence-electron chi connectivity index (χ2n) is 3.47. The average molecular weight is 196 g/mol. The monoisotopic (exact) mass is 196 g/mol. The van der Waals surface area contributed by atoms with Gasteiger partial charge in [0.2, 0.25) is 5.82 Å². The molecule has 14 heavy (non-hydrogen) atoms. The zero-order valence-corrected chi connectivity index (χ0v) is 7.31. The fourth-order valence-electron chi connectivity index (χ4n) is 1.50. The lowest BCUT2D eigenvalue weighted by Gasteiger charge is -1.99. The van der Waals surface area contributed by atoms with Crippen LogP contribution in [0.2, 0.25) is 0 Å². The third-order valence-electron chi connectivity index (χ3n) is 2.43. The highest BCUT2D eigenvalue weighted by Gasteiger charge is 2.35. The van der Waals surface area contributed by atoms with Crippen molar-refractivity contribution >= 4 is 5.69 Å². The Labute approximate surface area is 79.7 Å². The van der Waals surface area contributed by atoms with Crippen molar-refractivity contribution < 1.29 is 9.31 Å². The Hall–Kier alpha value is -1.49. The topological polar surface area (TPSA) is 69.2 Å². The van der Waals surface area contributed by atoms with E-state index < -0.39 is 16.4 Å². The summed E-state index contributed by atoms with van der Waals surface area (Å²) in [5.41, 5.74) is 5.88. The summed E-state index contributed by atoms with van der Waals surface area (Å²) in [4.78, 5) is 9.72. The van der Waals surface area contributed by atoms with Crippen LogP contribution in [0.1, 0.15) is 17.9 Å². The number of nitro groups is 1. The van der Waals surface area contributed by atoms with Gasteiger partial charge in [-0.25, -0.2) is 0 Å². The molecule has 0 spiro atoms. The van der Waals surface area contributed by atoms with Crippen molar-refractivity contribution in [3.8, 4) is 0 Å². The van der Waals surface area contributed by atoms with Crippen molar-refractivity contribution in [2.45, 2.75) is 18.4 Å². The maximum absolute atomic E-state index is 12.9. The van der Waals surface area contributed by atoms with Gasteiger partial charge >= 0.3 is 5.69 Å². The largest absolute Gasteiger partial charge is 0.327 e. The lowest BCUT2D eigenvalue weighted by Crippen LogP contribution is -2.01. The highest BCUT2D eigenvalue weighted by molar-refractivity contribution is 5.40. The van der Waals surface area contributed by atoms with Crippen molar-refractivity contribution in [2.75, 3.05) is 0 Å². The van der Waals surface area contributed by atoms with Crippen molar-refractivity contribution in [3.63, 3.8) is 0 Å². The van der Waals surface area contributed by atoms with E-state index in [0.29, 0.717) is 0 Å². The molecule has 0 aromatic heterocycles. The lowest BCUT2D eigenvalue weighted by atomic mass is 10.1. The summed E-state index contributed by atoms with van der Waals surface area (Å²) in [5.74, 6) is -0.637. The maximum Gasteiger partial charge on any atom is 0.305 e. The predicted molar refractivity (Wildman–Crippen MR) is 48.4 cm³/mol. The molecule has 1 aromatic carbocycles. The minimum absolute atomic E-state index is 0.0695. The molecule has 5 heteroatoms. The van der Waals surface area contributed by atoms with Gasteiger partial charge in [-0.1, -0.05) is 6.07 Å². The molecule has 0 amide bonds. The Morgan fingerprint density at radius 3 is 2.71 bits per heavy atom. The van der Waals surface area contributed by atoms with Gasteiger partial charge in [-0.2, -0.15) is 4.39 Å². The Morgan fingerprint density at radius 2 is 2.21 bits per heavy atom. The normalized spacial score (nSPS) is 24.7. The predicted octanol–water partition coefficient (Wildman–Crippen LogP) is 1.55. The van der Waals surface area contributed by atoms with E-state index in [0.717, 1.165) is 18.1 Å². The van der Waals surface area contributed by atoms with Crippen molar-refractivity contribution in [1.82, 2.24) is 0 Å². The van der Waals surface area contributed by atoms with Crippen LogP contribution in [0, 0.1) is 15.9 Å². The van der Waals surface area contributed by atoms with E-state index in [9.17, 15) is 14.5 Å². The molecule has 1 aliphatic carbocycles. The van der Waals surface area contributed by atoms with E-state index in [2.05, 4.69) is 0 Å². The summed E-state index contributed by atoms with van der Waals surface area (Å²) in [5, 5.41) is 10.4. The smallest absolute Gasteiger partial charge is 0.305 e. The van der Waals surface area contributed by atoms with Gasteiger partial charge in [0.1, 0.15) is 0 Å². The summed E-state index contributed by atoms with van der Waals surface area (Å²) in [6.45, 7) is 0. The molecule has 2 rings (SSSR count). The average Bonchev–Trinajstić information content (AvgIpc) is 2.83. The summed E-state index contributed by atoms with van der Waals surface area (Å²) in [6.07, 6.45) is 0.822. The first-order valence-corrected chi connectivity index (χ1v) is 4.29. The molecule has 4 nitrogen and oxygen atoms in total. The number of benzene rings is 1. The number of hydrogen-bond acceptors (Lipinski definition) is 3. The molecule has 0 saturated heterocycles. The fraction of sp³-hybridized carbons (Fsp3) is 0.333. The van der Waals surface area contributed by atoms with Crippen LogP contribution >= 0.6 is 0 Å². The first kappa shape index (κ1) is 9.08. The highest BCUT2D eigenvalue weighted by Crippen LogP contribution is 2.40. The summed E-state index contributed by atoms with van der Waals surface area (Å²) in [7, 11) is 0. The minimum Gasteiger partial charge on any atom is -0.327 e. The zero-order chi connectivity index (χ0) is 10.3. The molecule has 1 aromatic rings. The molecule has 0 radical (unpaired) electrons. The van der Waals surface area contributed by atoms with Crippen molar-refractivity contribution in [2.24, 2.45) is 5.73 Å². The second kappa shape index (κ2) is 3.02. The standard InChI is InChI=1S/C9H9FN2O2/c10-7-2-1-5(6-4-8(6)11)3-9(7)12(13)14/h1-3,6,8H,4,11H2. The molecule has 1 saturated carbocycles. The van der Waals surface area contributed by atoms with Gasteiger partial charge < -0.3 is 5.73 Å². The Kier molecular flexibility index (Phi) is 1.96. The third-order valence-corrected chi connectivity index (χ3v) is 2.43. The van der Waals surface area contributed by atoms with Gasteiger partial charge in [-0.05, 0) is 18.1 Å². The van der Waals surface area contributed by atoms with E-state index >= 15 is 0 Å². The number of hydrogen-bond donors (Lipinski definition) is 1. The molecule has 74 valence electrons. The zero-order valence-electron chi connectivity index (χ0n) is 7.31. The van der Waals surface area contributed by atoms with Gasteiger partial charge in [0.25, 0.3) is 0 Å². The first-order valence-electron chi connectivity index (χ1n) is 4.29. The molecular weight excluding hydrogens is 187 g/mol. The molecule has 0 heterocycles. The van der Waals surface area contributed by atoms with Crippen LogP contribution in [0.3, 0.4) is 0 Å². The minimum atomic E-state index is -0.798. The molecule has 0 aliphatic heterocycles. The van der Waals surface area contributed by atoms with Gasteiger partial charge in [-0.3, -0.25) is 10.1 Å². The van der Waals surface area contributed by atoms with Crippen LogP contribution < -0.4 is 5.73 Å². The number of rotatable bonds is 2. The van der Waals surface area contributed by atoms with E-state index in [1.54, 1.807) is 6.07 Å². The number of halogens is 1. The Balaban J connectivity index is 2.36. The van der Waals surface area contributed by atoms with Crippen LogP contribution in [0.4, 0.5) is 10.1 Å². The summed E-state index contributed by atoms with van der Waals surface area (Å²) in [6, 6.07) is 4.02. The van der Waals surface area contributed by atoms with Crippen LogP contribution in [-0.2, 0) is 0 Å². The van der Waals surface area contributed by atoms with E-state index in [-0.39, 0.29) is 12.0 Å². The van der Waals surface area contributed by atoms with E-state index in [1.165, 1.54) is 6.07 Å². The number of nitro benzene ring substituents is 1. The van der Waals surface area contributed by atoms with Crippen LogP contribution in [0.15, 0.2) is 18.2 Å². The summed E-state index contributed by atoms with van der Waals surface area (Å²) >= 11 is 0. The number of nitrogens with two attached hydrogens (primary N) is 1. The quantitative estimate of drug-likeness (QED) is 0.576. The third kappa shape index (κ3) is 1.46. The van der Waals surface area contributed by atoms with Crippen LogP contribution in [-0.4, -0.2) is 11.0 Å². The second-order valence-corrected chi connectivity index (χ2v) is 3.47. The van der Waals surface area contributed by atoms with Gasteiger partial charge in [-0.15, -0.1) is 0 Å². The van der Waals surface area contributed by atoms with E-state index in [4.69, 9.17) is 5.73 Å². The SMILES string of the molecule is NC1CC1c1ccc(F)c([N+](=O)[O-])c1. The molecule has 0 bridgehead atoms. The molecular formula is C9H9FN2O2. The first-order chi connectivity index (χ1) is 6.59. The molecule has 2 atom stereocenters. The van der Waals surface area contributed by atoms with Crippen molar-refractivity contribution in [3.05, 3.63) is 39.7 Å². The van der Waals surface area contributed by atoms with Gasteiger partial charge in [0.05, 0.1) is 4.92 Å². The van der Waals surface area contributed by atoms with E-state index in [1.807, 2.05) is 0 Å². The van der Waals surface area contributed by atoms with Crippen molar-refractivity contribution in [1.29, 1.82) is 0 Å². The maximum atomic E-state index is 12.9. The van der Waals surface area contributed by atoms with Crippen LogP contribution in [0.5, 0.6) is 0 Å². The molecule has 2 N–H and O–H groups in total. The van der Waals surface area contributed by atoms with Crippen LogP contribution in [0.25, 0.3) is 0 Å². The molecule has 1 fully saturated rings. The Morgan fingerprint density at radius 1 is 1.57 bits per heavy atom. The molecule has 2 unspecified atom stereocenters. The summed E-state index contributed by atoms with van der Waals surface area (Å²) < 4.78 is 12.9. The lowest BCUT2D eigenvalue weighted by molar-refractivity contribution is -0.387. The number of nitrogens with zero attached hydrogens (tertiary/aromatic N) is 1. The Bertz CT molecular complexity index is 394. The van der Waals surface area contributed by atoms with Gasteiger partial charge in [0.15, 0.2) is 0 Å². The molecule has 1 aliphatic rings.